The van der Waals surface area contributed by atoms with E-state index in [2.05, 4.69) is 10.4 Å². The van der Waals surface area contributed by atoms with Crippen LogP contribution in [0.5, 0.6) is 0 Å². The van der Waals surface area contributed by atoms with E-state index in [-0.39, 0.29) is 11.7 Å². The number of benzene rings is 2. The molecule has 32 heavy (non-hydrogen) atoms. The fraction of sp³-hybridized carbons (Fsp3) is 0.0870. The molecular weight excluding hydrogens is 452 g/mol. The third-order valence-electron chi connectivity index (χ3n) is 5.23. The smallest absolute Gasteiger partial charge is 0.272 e. The Kier molecular flexibility index (Phi) is 5.28. The number of halogens is 3. The van der Waals surface area contributed by atoms with Crippen molar-refractivity contribution in [2.75, 3.05) is 12.0 Å². The van der Waals surface area contributed by atoms with Crippen molar-refractivity contribution in [2.45, 2.75) is 6.54 Å². The van der Waals surface area contributed by atoms with Crippen LogP contribution in [-0.2, 0) is 6.54 Å². The zero-order valence-electron chi connectivity index (χ0n) is 16.6. The number of pyridine rings is 1. The van der Waals surface area contributed by atoms with Crippen LogP contribution in [0.1, 0.15) is 10.4 Å². The van der Waals surface area contributed by atoms with Gasteiger partial charge < -0.3 is 0 Å². The van der Waals surface area contributed by atoms with Gasteiger partial charge in [0, 0.05) is 23.5 Å². The lowest BCUT2D eigenvalue weighted by Gasteiger charge is -2.30. The number of hydrogen-bond acceptors (Lipinski definition) is 4. The van der Waals surface area contributed by atoms with Gasteiger partial charge in [-0.25, -0.2) is 14.1 Å². The minimum absolute atomic E-state index is 0.236. The van der Waals surface area contributed by atoms with E-state index in [4.69, 9.17) is 28.3 Å². The van der Waals surface area contributed by atoms with Crippen LogP contribution in [0, 0.1) is 5.82 Å². The standard InChI is InChI=1S/C23H16Cl2FN5O/c24-18-6-3-16(13-19(18)25)23(32)31-12-11-30-22(29-31)20(14-7-9-27-10-8-14)21(28-30)15-1-4-17(26)5-2-15/h1-10,13,29H,11-12H2. The van der Waals surface area contributed by atoms with Crippen molar-refractivity contribution in [3.05, 3.63) is 88.4 Å². The van der Waals surface area contributed by atoms with Gasteiger partial charge in [0.05, 0.1) is 28.7 Å². The van der Waals surface area contributed by atoms with Crippen molar-refractivity contribution in [3.8, 4) is 22.4 Å². The molecule has 0 fully saturated rings. The first-order valence-corrected chi connectivity index (χ1v) is 10.6. The number of fused-ring (bicyclic) bond motifs is 1. The summed E-state index contributed by atoms with van der Waals surface area (Å²) in [6.45, 7) is 0.876. The number of amides is 1. The van der Waals surface area contributed by atoms with E-state index < -0.39 is 0 Å². The van der Waals surface area contributed by atoms with Crippen molar-refractivity contribution in [3.63, 3.8) is 0 Å². The van der Waals surface area contributed by atoms with Gasteiger partial charge in [-0.05, 0) is 60.2 Å². The number of carbonyl (C=O) groups excluding carboxylic acids is 1. The van der Waals surface area contributed by atoms with Gasteiger partial charge in [0.15, 0.2) is 5.82 Å². The van der Waals surface area contributed by atoms with Gasteiger partial charge in [0.1, 0.15) is 11.5 Å². The molecule has 1 amide bonds. The maximum atomic E-state index is 13.5. The summed E-state index contributed by atoms with van der Waals surface area (Å²) in [5, 5.41) is 6.98. The minimum Gasteiger partial charge on any atom is -0.279 e. The molecule has 0 bridgehead atoms. The summed E-state index contributed by atoms with van der Waals surface area (Å²) >= 11 is 12.1. The number of nitrogens with zero attached hydrogens (tertiary/aromatic N) is 4. The molecule has 2 aromatic carbocycles. The van der Waals surface area contributed by atoms with Crippen molar-refractivity contribution >= 4 is 34.9 Å². The maximum Gasteiger partial charge on any atom is 0.272 e. The summed E-state index contributed by atoms with van der Waals surface area (Å²) in [5.41, 5.74) is 6.75. The second kappa shape index (κ2) is 8.26. The van der Waals surface area contributed by atoms with E-state index >= 15 is 0 Å². The lowest BCUT2D eigenvalue weighted by Crippen LogP contribution is -2.43. The average Bonchev–Trinajstić information content (AvgIpc) is 3.20. The summed E-state index contributed by atoms with van der Waals surface area (Å²) in [6, 6.07) is 14.7. The van der Waals surface area contributed by atoms with E-state index in [0.29, 0.717) is 40.2 Å². The van der Waals surface area contributed by atoms with Crippen molar-refractivity contribution < 1.29 is 9.18 Å². The quantitative estimate of drug-likeness (QED) is 0.429. The minimum atomic E-state index is -0.320. The fourth-order valence-corrected chi connectivity index (χ4v) is 3.95. The Labute approximate surface area is 193 Å². The number of rotatable bonds is 3. The number of aromatic nitrogens is 3. The monoisotopic (exact) mass is 467 g/mol. The van der Waals surface area contributed by atoms with Gasteiger partial charge in [0.25, 0.3) is 5.91 Å². The first-order chi connectivity index (χ1) is 15.5. The van der Waals surface area contributed by atoms with Crippen molar-refractivity contribution in [1.82, 2.24) is 19.8 Å². The largest absolute Gasteiger partial charge is 0.279 e. The zero-order chi connectivity index (χ0) is 22.2. The molecule has 0 atom stereocenters. The highest BCUT2D eigenvalue weighted by Gasteiger charge is 2.28. The molecule has 0 saturated heterocycles. The highest BCUT2D eigenvalue weighted by atomic mass is 35.5. The Morgan fingerprint density at radius 3 is 2.41 bits per heavy atom. The molecule has 160 valence electrons. The molecule has 1 aliphatic rings. The zero-order valence-corrected chi connectivity index (χ0v) is 18.1. The molecule has 6 nitrogen and oxygen atoms in total. The molecule has 1 aliphatic heterocycles. The van der Waals surface area contributed by atoms with E-state index in [0.717, 1.165) is 16.7 Å². The number of nitrogens with one attached hydrogen (secondary N) is 1. The number of carbonyl (C=O) groups is 1. The molecule has 4 aromatic rings. The predicted octanol–water partition coefficient (Wildman–Crippen LogP) is 5.54. The Morgan fingerprint density at radius 1 is 0.938 bits per heavy atom. The third-order valence-corrected chi connectivity index (χ3v) is 5.97. The second-order valence-corrected chi connectivity index (χ2v) is 8.05. The average molecular weight is 468 g/mol. The van der Waals surface area contributed by atoms with E-state index in [9.17, 15) is 9.18 Å². The Bertz CT molecular complexity index is 1310. The van der Waals surface area contributed by atoms with Crippen LogP contribution in [0.4, 0.5) is 10.2 Å². The van der Waals surface area contributed by atoms with Gasteiger partial charge in [-0.2, -0.15) is 5.10 Å². The number of anilines is 1. The second-order valence-electron chi connectivity index (χ2n) is 7.24. The Hall–Kier alpha value is -3.42. The predicted molar refractivity (Wildman–Crippen MR) is 122 cm³/mol. The summed E-state index contributed by atoms with van der Waals surface area (Å²) in [5.74, 6) is 0.106. The molecule has 1 N–H and O–H groups in total. The van der Waals surface area contributed by atoms with Crippen molar-refractivity contribution in [1.29, 1.82) is 0 Å². The lowest BCUT2D eigenvalue weighted by atomic mass is 10.0. The van der Waals surface area contributed by atoms with Crippen LogP contribution in [0.3, 0.4) is 0 Å². The molecule has 2 aromatic heterocycles. The van der Waals surface area contributed by atoms with Gasteiger partial charge >= 0.3 is 0 Å². The number of hydrogen-bond donors (Lipinski definition) is 1. The highest BCUT2D eigenvalue weighted by molar-refractivity contribution is 6.42. The Morgan fingerprint density at radius 2 is 1.69 bits per heavy atom. The first kappa shape index (κ1) is 20.5. The summed E-state index contributed by atoms with van der Waals surface area (Å²) in [7, 11) is 0. The summed E-state index contributed by atoms with van der Waals surface area (Å²) < 4.78 is 15.3. The summed E-state index contributed by atoms with van der Waals surface area (Å²) in [4.78, 5) is 17.2. The van der Waals surface area contributed by atoms with Crippen LogP contribution >= 0.6 is 23.2 Å². The van der Waals surface area contributed by atoms with E-state index in [1.807, 2.05) is 16.8 Å². The summed E-state index contributed by atoms with van der Waals surface area (Å²) in [6.07, 6.45) is 3.38. The fourth-order valence-electron chi connectivity index (χ4n) is 3.65. The van der Waals surface area contributed by atoms with Crippen LogP contribution in [0.15, 0.2) is 67.0 Å². The van der Waals surface area contributed by atoms with Gasteiger partial charge in [0.2, 0.25) is 0 Å². The third kappa shape index (κ3) is 3.70. The van der Waals surface area contributed by atoms with Crippen LogP contribution in [0.25, 0.3) is 22.4 Å². The molecule has 5 rings (SSSR count). The maximum absolute atomic E-state index is 13.5. The van der Waals surface area contributed by atoms with Gasteiger partial charge in [-0.15, -0.1) is 0 Å². The number of hydrazine groups is 1. The molecule has 0 saturated carbocycles. The van der Waals surface area contributed by atoms with Crippen molar-refractivity contribution in [2.24, 2.45) is 0 Å². The normalized spacial score (nSPS) is 12.9. The molecule has 3 heterocycles. The van der Waals surface area contributed by atoms with E-state index in [1.165, 1.54) is 17.1 Å². The van der Waals surface area contributed by atoms with Gasteiger partial charge in [-0.3, -0.25) is 15.2 Å². The highest BCUT2D eigenvalue weighted by Crippen LogP contribution is 2.39. The van der Waals surface area contributed by atoms with Crippen LogP contribution in [0.2, 0.25) is 10.0 Å². The van der Waals surface area contributed by atoms with E-state index in [1.54, 1.807) is 42.7 Å². The van der Waals surface area contributed by atoms with Crippen LogP contribution < -0.4 is 5.43 Å². The molecule has 9 heteroatoms. The topological polar surface area (TPSA) is 63.1 Å². The molecule has 0 unspecified atom stereocenters. The lowest BCUT2D eigenvalue weighted by molar-refractivity contribution is 0.0774. The molecule has 0 spiro atoms. The molecule has 0 radical (unpaired) electrons. The Balaban J connectivity index is 1.57. The molecule has 0 aliphatic carbocycles. The molecular formula is C23H16Cl2FN5O. The first-order valence-electron chi connectivity index (χ1n) is 9.82. The van der Waals surface area contributed by atoms with Gasteiger partial charge in [-0.1, -0.05) is 23.2 Å². The van der Waals surface area contributed by atoms with Crippen LogP contribution in [-0.4, -0.2) is 32.2 Å². The SMILES string of the molecule is O=C(c1ccc(Cl)c(Cl)c1)N1CCn2nc(-c3ccc(F)cc3)c(-c3ccncc3)c2N1.